The molecule has 15 heavy (non-hydrogen) atoms. The van der Waals surface area contributed by atoms with Crippen molar-refractivity contribution in [3.63, 3.8) is 0 Å². The molecular weight excluding hydrogens is 194 g/mol. The van der Waals surface area contributed by atoms with Crippen molar-refractivity contribution >= 4 is 0 Å². The van der Waals surface area contributed by atoms with E-state index in [4.69, 9.17) is 4.52 Å². The molecule has 0 aliphatic carbocycles. The van der Waals surface area contributed by atoms with Crippen molar-refractivity contribution in [2.75, 3.05) is 13.1 Å². The number of aryl methyl sites for hydroxylation is 1. The molecule has 0 spiro atoms. The lowest BCUT2D eigenvalue weighted by molar-refractivity contribution is -0.131. The molecule has 2 heterocycles. The van der Waals surface area contributed by atoms with Crippen LogP contribution in [0.2, 0.25) is 0 Å². The van der Waals surface area contributed by atoms with E-state index in [1.54, 1.807) is 6.92 Å². The highest BCUT2D eigenvalue weighted by atomic mass is 16.5. The predicted molar refractivity (Wildman–Crippen MR) is 54.1 cm³/mol. The molecule has 5 heteroatoms. The van der Waals surface area contributed by atoms with E-state index in [0.29, 0.717) is 37.3 Å². The predicted octanol–water partition coefficient (Wildman–Crippen LogP) is 0.581. The maximum atomic E-state index is 10.0. The molecular formula is C10H17N3O2. The van der Waals surface area contributed by atoms with Gasteiger partial charge in [-0.1, -0.05) is 19.0 Å². The largest absolute Gasteiger partial charge is 0.387 e. The van der Waals surface area contributed by atoms with E-state index < -0.39 is 5.60 Å². The molecule has 0 amide bonds. The van der Waals surface area contributed by atoms with Crippen molar-refractivity contribution in [3.8, 4) is 0 Å². The molecule has 1 saturated heterocycles. The Hall–Kier alpha value is -0.940. The van der Waals surface area contributed by atoms with Crippen molar-refractivity contribution in [1.82, 2.24) is 15.0 Å². The van der Waals surface area contributed by atoms with Crippen molar-refractivity contribution in [2.24, 2.45) is 5.92 Å². The second kappa shape index (κ2) is 3.57. The van der Waals surface area contributed by atoms with Crippen LogP contribution in [0, 0.1) is 12.8 Å². The van der Waals surface area contributed by atoms with Gasteiger partial charge in [0.25, 0.3) is 0 Å². The molecule has 0 unspecified atom stereocenters. The zero-order valence-corrected chi connectivity index (χ0v) is 9.40. The van der Waals surface area contributed by atoms with Crippen LogP contribution in [0.4, 0.5) is 0 Å². The summed E-state index contributed by atoms with van der Waals surface area (Å²) in [7, 11) is 0. The van der Waals surface area contributed by atoms with E-state index >= 15 is 0 Å². The third-order valence-electron chi connectivity index (χ3n) is 3.00. The summed E-state index contributed by atoms with van der Waals surface area (Å²) in [5.41, 5.74) is -0.529. The summed E-state index contributed by atoms with van der Waals surface area (Å²) in [6, 6.07) is 0. The van der Waals surface area contributed by atoms with Crippen molar-refractivity contribution in [3.05, 3.63) is 11.7 Å². The minimum absolute atomic E-state index is 0.292. The molecule has 1 N–H and O–H groups in total. The van der Waals surface area contributed by atoms with E-state index in [1.807, 2.05) is 13.8 Å². The number of likely N-dealkylation sites (tertiary alicyclic amines) is 1. The van der Waals surface area contributed by atoms with Crippen molar-refractivity contribution in [1.29, 1.82) is 0 Å². The van der Waals surface area contributed by atoms with Crippen LogP contribution in [0.25, 0.3) is 0 Å². The number of aromatic nitrogens is 2. The second-order valence-electron chi connectivity index (χ2n) is 4.63. The topological polar surface area (TPSA) is 62.4 Å². The Balaban J connectivity index is 1.86. The monoisotopic (exact) mass is 211 g/mol. The van der Waals surface area contributed by atoms with Gasteiger partial charge in [-0.25, -0.2) is 0 Å². The average Bonchev–Trinajstić information content (AvgIpc) is 2.48. The van der Waals surface area contributed by atoms with Crippen LogP contribution < -0.4 is 0 Å². The van der Waals surface area contributed by atoms with Gasteiger partial charge in [0.2, 0.25) is 5.89 Å². The van der Waals surface area contributed by atoms with Crippen LogP contribution in [0.1, 0.15) is 25.6 Å². The standard InChI is InChI=1S/C10H17N3O2/c1-7(2)10(14)5-13(6-10)4-9-11-8(3)15-12-9/h7,14H,4-6H2,1-3H3. The summed E-state index contributed by atoms with van der Waals surface area (Å²) < 4.78 is 4.88. The first-order valence-electron chi connectivity index (χ1n) is 5.23. The average molecular weight is 211 g/mol. The first kappa shape index (κ1) is 10.6. The van der Waals surface area contributed by atoms with Gasteiger partial charge >= 0.3 is 0 Å². The Morgan fingerprint density at radius 1 is 1.53 bits per heavy atom. The van der Waals surface area contributed by atoms with Crippen molar-refractivity contribution in [2.45, 2.75) is 32.9 Å². The van der Waals surface area contributed by atoms with E-state index in [2.05, 4.69) is 15.0 Å². The fourth-order valence-corrected chi connectivity index (χ4v) is 1.81. The molecule has 1 aromatic rings. The fraction of sp³-hybridized carbons (Fsp3) is 0.800. The van der Waals surface area contributed by atoms with Gasteiger partial charge in [-0.05, 0) is 5.92 Å². The van der Waals surface area contributed by atoms with Gasteiger partial charge in [-0.3, -0.25) is 4.90 Å². The lowest BCUT2D eigenvalue weighted by atomic mass is 9.83. The summed E-state index contributed by atoms with van der Waals surface area (Å²) in [5.74, 6) is 1.57. The Morgan fingerprint density at radius 3 is 2.67 bits per heavy atom. The van der Waals surface area contributed by atoms with Crippen LogP contribution >= 0.6 is 0 Å². The fourth-order valence-electron chi connectivity index (χ4n) is 1.81. The molecule has 84 valence electrons. The van der Waals surface area contributed by atoms with E-state index in [-0.39, 0.29) is 0 Å². The molecule has 0 atom stereocenters. The molecule has 0 radical (unpaired) electrons. The van der Waals surface area contributed by atoms with E-state index in [0.717, 1.165) is 0 Å². The Kier molecular flexibility index (Phi) is 2.52. The molecule has 0 aromatic carbocycles. The normalized spacial score (nSPS) is 20.6. The number of hydrogen-bond acceptors (Lipinski definition) is 5. The minimum atomic E-state index is -0.529. The zero-order chi connectivity index (χ0) is 11.1. The van der Waals surface area contributed by atoms with Crippen LogP contribution in [-0.2, 0) is 6.54 Å². The minimum Gasteiger partial charge on any atom is -0.387 e. The number of β-amino-alcohol motifs (C(OH)–C–C–N with tert-alkyl or cyclic N) is 1. The molecule has 0 bridgehead atoms. The summed E-state index contributed by atoms with van der Waals surface area (Å²) in [5, 5.41) is 13.9. The highest BCUT2D eigenvalue weighted by Gasteiger charge is 2.43. The van der Waals surface area contributed by atoms with Crippen LogP contribution in [0.5, 0.6) is 0 Å². The third-order valence-corrected chi connectivity index (χ3v) is 3.00. The third kappa shape index (κ3) is 2.03. The molecule has 1 fully saturated rings. The van der Waals surface area contributed by atoms with Crippen LogP contribution in [-0.4, -0.2) is 38.8 Å². The zero-order valence-electron chi connectivity index (χ0n) is 9.40. The Bertz CT molecular complexity index is 342. The van der Waals surface area contributed by atoms with Gasteiger partial charge in [-0.2, -0.15) is 4.98 Å². The lowest BCUT2D eigenvalue weighted by Crippen LogP contribution is -2.63. The molecule has 1 aromatic heterocycles. The molecule has 1 aliphatic heterocycles. The highest BCUT2D eigenvalue weighted by Crippen LogP contribution is 2.29. The first-order chi connectivity index (χ1) is 6.99. The van der Waals surface area contributed by atoms with E-state index in [9.17, 15) is 5.11 Å². The number of hydrogen-bond donors (Lipinski definition) is 1. The molecule has 1 aliphatic rings. The molecule has 0 saturated carbocycles. The number of rotatable bonds is 3. The summed E-state index contributed by atoms with van der Waals surface area (Å²) in [6.07, 6.45) is 0. The van der Waals surface area contributed by atoms with Gasteiger partial charge in [0.05, 0.1) is 12.1 Å². The second-order valence-corrected chi connectivity index (χ2v) is 4.63. The first-order valence-corrected chi connectivity index (χ1v) is 5.23. The maximum Gasteiger partial charge on any atom is 0.223 e. The van der Waals surface area contributed by atoms with Gasteiger partial charge in [0, 0.05) is 20.0 Å². The number of aliphatic hydroxyl groups is 1. The van der Waals surface area contributed by atoms with Crippen LogP contribution in [0.3, 0.4) is 0 Å². The Labute approximate surface area is 89.1 Å². The van der Waals surface area contributed by atoms with E-state index in [1.165, 1.54) is 0 Å². The summed E-state index contributed by atoms with van der Waals surface area (Å²) in [4.78, 5) is 6.24. The molecule has 5 nitrogen and oxygen atoms in total. The maximum absolute atomic E-state index is 10.0. The Morgan fingerprint density at radius 2 is 2.20 bits per heavy atom. The van der Waals surface area contributed by atoms with Gasteiger partial charge in [0.15, 0.2) is 5.82 Å². The lowest BCUT2D eigenvalue weighted by Gasteiger charge is -2.48. The smallest absolute Gasteiger partial charge is 0.223 e. The van der Waals surface area contributed by atoms with Crippen LogP contribution in [0.15, 0.2) is 4.52 Å². The quantitative estimate of drug-likeness (QED) is 0.792. The van der Waals surface area contributed by atoms with Gasteiger partial charge in [-0.15, -0.1) is 0 Å². The molecule has 2 rings (SSSR count). The van der Waals surface area contributed by atoms with Gasteiger partial charge in [0.1, 0.15) is 0 Å². The van der Waals surface area contributed by atoms with Crippen molar-refractivity contribution < 1.29 is 9.63 Å². The highest BCUT2D eigenvalue weighted by molar-refractivity contribution is 4.99. The van der Waals surface area contributed by atoms with Gasteiger partial charge < -0.3 is 9.63 Å². The SMILES string of the molecule is Cc1nc(CN2CC(O)(C(C)C)C2)no1. The summed E-state index contributed by atoms with van der Waals surface area (Å²) >= 11 is 0. The number of nitrogens with zero attached hydrogens (tertiary/aromatic N) is 3. The summed E-state index contributed by atoms with van der Waals surface area (Å²) in [6.45, 7) is 7.89.